The Balaban J connectivity index is 3.92. The van der Waals surface area contributed by atoms with Crippen LogP contribution in [0.3, 0.4) is 0 Å². The molecule has 0 aromatic carbocycles. The summed E-state index contributed by atoms with van der Waals surface area (Å²) in [6.07, 6.45) is 1.48. The van der Waals surface area contributed by atoms with E-state index in [9.17, 15) is 4.79 Å². The number of amides is 1. The summed E-state index contributed by atoms with van der Waals surface area (Å²) in [5.41, 5.74) is 5.45. The van der Waals surface area contributed by atoms with Crippen LogP contribution in [0.15, 0.2) is 0 Å². The lowest BCUT2D eigenvalue weighted by Gasteiger charge is -2.20. The van der Waals surface area contributed by atoms with Gasteiger partial charge in [0.25, 0.3) is 0 Å². The predicted octanol–water partition coefficient (Wildman–Crippen LogP) is 1.17. The van der Waals surface area contributed by atoms with Crippen molar-refractivity contribution >= 4 is 23.1 Å². The molecule has 1 unspecified atom stereocenters. The van der Waals surface area contributed by atoms with Crippen LogP contribution < -0.4 is 5.73 Å². The molecule has 0 aromatic rings. The molecule has 0 rings (SSSR count). The molecule has 13 heavy (non-hydrogen) atoms. The number of thiocarbonyl (C=S) groups is 1. The van der Waals surface area contributed by atoms with E-state index in [-0.39, 0.29) is 11.8 Å². The number of rotatable bonds is 5. The molecule has 0 saturated carbocycles. The normalized spacial score (nSPS) is 12.2. The Labute approximate surface area is 85.3 Å². The third-order valence-corrected chi connectivity index (χ3v) is 2.33. The fourth-order valence-corrected chi connectivity index (χ4v) is 1.08. The van der Waals surface area contributed by atoms with Crippen molar-refractivity contribution in [3.63, 3.8) is 0 Å². The Morgan fingerprint density at radius 1 is 1.62 bits per heavy atom. The number of nitrogens with two attached hydrogens (primary N) is 1. The molecule has 1 amide bonds. The lowest BCUT2D eigenvalue weighted by molar-refractivity contribution is -0.130. The van der Waals surface area contributed by atoms with Crippen LogP contribution in [-0.2, 0) is 4.79 Å². The van der Waals surface area contributed by atoms with Crippen molar-refractivity contribution in [3.05, 3.63) is 0 Å². The van der Waals surface area contributed by atoms with Gasteiger partial charge in [0.05, 0.1) is 4.99 Å². The maximum absolute atomic E-state index is 11.3. The zero-order valence-corrected chi connectivity index (χ0v) is 9.36. The Morgan fingerprint density at radius 2 is 2.15 bits per heavy atom. The van der Waals surface area contributed by atoms with Gasteiger partial charge in [0.2, 0.25) is 5.91 Å². The molecule has 1 atom stereocenters. The molecule has 0 aliphatic rings. The Bertz CT molecular complexity index is 194. The summed E-state index contributed by atoms with van der Waals surface area (Å²) in [5.74, 6) is 0.256. The van der Waals surface area contributed by atoms with Crippen LogP contribution in [0, 0.1) is 5.92 Å². The first kappa shape index (κ1) is 12.4. The molecule has 0 saturated heterocycles. The van der Waals surface area contributed by atoms with E-state index >= 15 is 0 Å². The maximum Gasteiger partial charge on any atom is 0.222 e. The number of carbonyl (C=O) groups is 1. The molecular formula is C9H18N2OS. The highest BCUT2D eigenvalue weighted by Crippen LogP contribution is 2.01. The van der Waals surface area contributed by atoms with E-state index in [4.69, 9.17) is 18.0 Å². The largest absolute Gasteiger partial charge is 0.393 e. The average molecular weight is 202 g/mol. The van der Waals surface area contributed by atoms with Crippen molar-refractivity contribution in [2.24, 2.45) is 11.7 Å². The molecule has 2 N–H and O–H groups in total. The first-order valence-electron chi connectivity index (χ1n) is 4.52. The van der Waals surface area contributed by atoms with Crippen LogP contribution in [0.5, 0.6) is 0 Å². The molecule has 4 heteroatoms. The van der Waals surface area contributed by atoms with Crippen LogP contribution in [0.1, 0.15) is 26.7 Å². The van der Waals surface area contributed by atoms with Gasteiger partial charge >= 0.3 is 0 Å². The first-order chi connectivity index (χ1) is 5.99. The van der Waals surface area contributed by atoms with Crippen LogP contribution in [0.2, 0.25) is 0 Å². The molecule has 0 heterocycles. The van der Waals surface area contributed by atoms with Crippen molar-refractivity contribution in [2.75, 3.05) is 13.6 Å². The van der Waals surface area contributed by atoms with Crippen molar-refractivity contribution < 1.29 is 4.79 Å². The highest BCUT2D eigenvalue weighted by molar-refractivity contribution is 7.80. The van der Waals surface area contributed by atoms with Crippen LogP contribution in [0.25, 0.3) is 0 Å². The van der Waals surface area contributed by atoms with Gasteiger partial charge in [-0.25, -0.2) is 0 Å². The second kappa shape index (κ2) is 5.91. The van der Waals surface area contributed by atoms with E-state index in [2.05, 4.69) is 0 Å². The molecule has 0 aromatic heterocycles. The lowest BCUT2D eigenvalue weighted by atomic mass is 10.1. The standard InChI is InChI=1S/C9H18N2OS/c1-4-5-8(12)11(3)6-7(2)9(10)13/h7H,4-6H2,1-3H3,(H2,10,13). The third kappa shape index (κ3) is 4.83. The van der Waals surface area contributed by atoms with Gasteiger partial charge in [-0.2, -0.15) is 0 Å². The molecule has 76 valence electrons. The van der Waals surface area contributed by atoms with Gasteiger partial charge in [-0.3, -0.25) is 4.79 Å². The number of hydrogen-bond donors (Lipinski definition) is 1. The molecule has 0 aliphatic heterocycles. The van der Waals surface area contributed by atoms with E-state index < -0.39 is 0 Å². The summed E-state index contributed by atoms with van der Waals surface area (Å²) >= 11 is 4.83. The minimum absolute atomic E-state index is 0.0980. The van der Waals surface area contributed by atoms with Crippen molar-refractivity contribution in [1.29, 1.82) is 0 Å². The number of carbonyl (C=O) groups excluding carboxylic acids is 1. The molecular weight excluding hydrogens is 184 g/mol. The van der Waals surface area contributed by atoms with E-state index in [1.54, 1.807) is 11.9 Å². The van der Waals surface area contributed by atoms with Gasteiger partial charge in [-0.05, 0) is 6.42 Å². The fourth-order valence-electron chi connectivity index (χ4n) is 1.01. The summed E-state index contributed by atoms with van der Waals surface area (Å²) in [6.45, 7) is 4.54. The molecule has 0 bridgehead atoms. The zero-order valence-electron chi connectivity index (χ0n) is 8.54. The van der Waals surface area contributed by atoms with Crippen LogP contribution >= 0.6 is 12.2 Å². The maximum atomic E-state index is 11.3. The molecule has 3 nitrogen and oxygen atoms in total. The first-order valence-corrected chi connectivity index (χ1v) is 4.93. The zero-order chi connectivity index (χ0) is 10.4. The Kier molecular flexibility index (Phi) is 5.62. The van der Waals surface area contributed by atoms with Crippen molar-refractivity contribution in [2.45, 2.75) is 26.7 Å². The molecule has 0 fully saturated rings. The van der Waals surface area contributed by atoms with Gasteiger partial charge in [-0.15, -0.1) is 0 Å². The van der Waals surface area contributed by atoms with Gasteiger partial charge in [0, 0.05) is 25.9 Å². The van der Waals surface area contributed by atoms with Crippen molar-refractivity contribution in [3.8, 4) is 0 Å². The van der Waals surface area contributed by atoms with E-state index in [0.29, 0.717) is 18.0 Å². The minimum atomic E-state index is 0.0980. The van der Waals surface area contributed by atoms with Crippen molar-refractivity contribution in [1.82, 2.24) is 4.90 Å². The van der Waals surface area contributed by atoms with Crippen LogP contribution in [0.4, 0.5) is 0 Å². The van der Waals surface area contributed by atoms with E-state index in [0.717, 1.165) is 6.42 Å². The topological polar surface area (TPSA) is 46.3 Å². The molecule has 0 aliphatic carbocycles. The second-order valence-corrected chi connectivity index (χ2v) is 3.80. The van der Waals surface area contributed by atoms with E-state index in [1.807, 2.05) is 13.8 Å². The summed E-state index contributed by atoms with van der Waals surface area (Å²) in [4.78, 5) is 13.5. The van der Waals surface area contributed by atoms with Gasteiger partial charge < -0.3 is 10.6 Å². The highest BCUT2D eigenvalue weighted by atomic mass is 32.1. The van der Waals surface area contributed by atoms with E-state index in [1.165, 1.54) is 0 Å². The number of nitrogens with zero attached hydrogens (tertiary/aromatic N) is 1. The summed E-state index contributed by atoms with van der Waals surface area (Å²) in [7, 11) is 1.78. The third-order valence-electron chi connectivity index (χ3n) is 1.92. The Morgan fingerprint density at radius 3 is 2.54 bits per heavy atom. The lowest BCUT2D eigenvalue weighted by Crippen LogP contribution is -2.35. The Hall–Kier alpha value is -0.640. The van der Waals surface area contributed by atoms with Crippen LogP contribution in [-0.4, -0.2) is 29.4 Å². The highest BCUT2D eigenvalue weighted by Gasteiger charge is 2.12. The predicted molar refractivity (Wildman–Crippen MR) is 58.5 cm³/mol. The summed E-state index contributed by atoms with van der Waals surface area (Å²) in [5, 5.41) is 0. The molecule has 0 spiro atoms. The summed E-state index contributed by atoms with van der Waals surface area (Å²) in [6, 6.07) is 0. The quantitative estimate of drug-likeness (QED) is 0.681. The monoisotopic (exact) mass is 202 g/mol. The SMILES string of the molecule is CCCC(=O)N(C)CC(C)C(N)=S. The van der Waals surface area contributed by atoms with Gasteiger partial charge in [0.15, 0.2) is 0 Å². The van der Waals surface area contributed by atoms with Gasteiger partial charge in [-0.1, -0.05) is 26.1 Å². The molecule has 0 radical (unpaired) electrons. The fraction of sp³-hybridized carbons (Fsp3) is 0.778. The smallest absolute Gasteiger partial charge is 0.222 e. The minimum Gasteiger partial charge on any atom is -0.393 e. The van der Waals surface area contributed by atoms with Gasteiger partial charge in [0.1, 0.15) is 0 Å². The number of hydrogen-bond acceptors (Lipinski definition) is 2. The summed E-state index contributed by atoms with van der Waals surface area (Å²) < 4.78 is 0. The average Bonchev–Trinajstić information content (AvgIpc) is 2.04. The second-order valence-electron chi connectivity index (χ2n) is 3.33.